The zero-order valence-corrected chi connectivity index (χ0v) is 13.2. The second-order valence-electron chi connectivity index (χ2n) is 4.70. The van der Waals surface area contributed by atoms with Gasteiger partial charge >= 0.3 is 0 Å². The number of carbonyl (C=O) groups excluding carboxylic acids is 1. The molecule has 1 aliphatic heterocycles. The maximum absolute atomic E-state index is 13.1. The number of carbonyl (C=O) groups is 1. The van der Waals surface area contributed by atoms with Crippen LogP contribution in [0.15, 0.2) is 41.3 Å². The highest BCUT2D eigenvalue weighted by atomic mass is 35.5. The summed E-state index contributed by atoms with van der Waals surface area (Å²) < 4.78 is 21.6. The quantitative estimate of drug-likeness (QED) is 0.860. The molecule has 1 heterocycles. The van der Waals surface area contributed by atoms with E-state index in [1.54, 1.807) is 18.0 Å². The van der Waals surface area contributed by atoms with Gasteiger partial charge in [-0.05, 0) is 48.3 Å². The maximum Gasteiger partial charge on any atom is 0.264 e. The maximum atomic E-state index is 13.1. The average molecular weight is 339 g/mol. The molecule has 0 saturated heterocycles. The fourth-order valence-electron chi connectivity index (χ4n) is 1.99. The molecule has 0 unspecified atom stereocenters. The molecular weight excluding hydrogens is 327 g/mol. The summed E-state index contributed by atoms with van der Waals surface area (Å²) in [5.74, 6) is 0.132. The van der Waals surface area contributed by atoms with Crippen LogP contribution in [0.1, 0.15) is 0 Å². The Labute approximate surface area is 136 Å². The Morgan fingerprint density at radius 3 is 2.91 bits per heavy atom. The molecule has 2 aromatic rings. The monoisotopic (exact) mass is 338 g/mol. The van der Waals surface area contributed by atoms with Crippen molar-refractivity contribution in [3.8, 4) is 5.75 Å². The van der Waals surface area contributed by atoms with Gasteiger partial charge in [0, 0.05) is 17.6 Å². The van der Waals surface area contributed by atoms with E-state index in [9.17, 15) is 9.18 Å². The number of nitrogens with one attached hydrogen (secondary N) is 1. The third kappa shape index (κ3) is 2.98. The second kappa shape index (κ2) is 6.06. The molecule has 0 fully saturated rings. The van der Waals surface area contributed by atoms with E-state index >= 15 is 0 Å². The molecule has 1 N–H and O–H groups in total. The average Bonchev–Trinajstić information content (AvgIpc) is 2.52. The zero-order chi connectivity index (χ0) is 15.7. The van der Waals surface area contributed by atoms with Crippen molar-refractivity contribution in [2.75, 3.05) is 23.3 Å². The van der Waals surface area contributed by atoms with E-state index in [2.05, 4.69) is 4.72 Å². The summed E-state index contributed by atoms with van der Waals surface area (Å²) in [6, 6.07) is 9.98. The standard InChI is InChI=1S/C15H12ClFN2O2S/c1-19-13-7-10(3-5-14(13)21-8-15(19)20)22-18-9-2-4-12(17)11(16)6-9/h2-7,18H,8H2,1H3. The molecule has 1 amide bonds. The van der Waals surface area contributed by atoms with Gasteiger partial charge in [0.2, 0.25) is 0 Å². The Bertz CT molecular complexity index is 741. The van der Waals surface area contributed by atoms with Crippen LogP contribution in [0.2, 0.25) is 5.02 Å². The molecule has 0 atom stereocenters. The lowest BCUT2D eigenvalue weighted by Gasteiger charge is -2.26. The van der Waals surface area contributed by atoms with Crippen LogP contribution in [0.3, 0.4) is 0 Å². The van der Waals surface area contributed by atoms with Gasteiger partial charge in [0.05, 0.1) is 10.7 Å². The molecule has 22 heavy (non-hydrogen) atoms. The molecule has 3 rings (SSSR count). The van der Waals surface area contributed by atoms with Gasteiger partial charge in [0.15, 0.2) is 6.61 Å². The normalized spacial score (nSPS) is 13.6. The molecule has 114 valence electrons. The number of likely N-dealkylation sites (N-methyl/N-ethyl adjacent to an activating group) is 1. The van der Waals surface area contributed by atoms with Gasteiger partial charge in [-0.1, -0.05) is 11.6 Å². The molecule has 0 spiro atoms. The first-order valence-electron chi connectivity index (χ1n) is 6.46. The van der Waals surface area contributed by atoms with Crippen molar-refractivity contribution >= 4 is 40.8 Å². The summed E-state index contributed by atoms with van der Waals surface area (Å²) in [4.78, 5) is 14.1. The molecule has 0 saturated carbocycles. The first-order valence-corrected chi connectivity index (χ1v) is 7.65. The van der Waals surface area contributed by atoms with Crippen molar-refractivity contribution in [2.24, 2.45) is 0 Å². The van der Waals surface area contributed by atoms with Gasteiger partial charge in [-0.2, -0.15) is 0 Å². The number of hydrogen-bond donors (Lipinski definition) is 1. The molecule has 0 radical (unpaired) electrons. The Hall–Kier alpha value is -1.92. The topological polar surface area (TPSA) is 41.6 Å². The summed E-state index contributed by atoms with van der Waals surface area (Å²) in [5, 5.41) is 0.0646. The van der Waals surface area contributed by atoms with Crippen LogP contribution < -0.4 is 14.4 Å². The molecular formula is C15H12ClFN2O2S. The van der Waals surface area contributed by atoms with Crippen LogP contribution in [0.4, 0.5) is 15.8 Å². The van der Waals surface area contributed by atoms with E-state index in [0.29, 0.717) is 11.4 Å². The summed E-state index contributed by atoms with van der Waals surface area (Å²) in [6.07, 6.45) is 0. The Morgan fingerprint density at radius 1 is 1.32 bits per heavy atom. The van der Waals surface area contributed by atoms with Gasteiger partial charge in [-0.25, -0.2) is 4.39 Å². The molecule has 0 aliphatic carbocycles. The van der Waals surface area contributed by atoms with Crippen LogP contribution in [-0.2, 0) is 4.79 Å². The lowest BCUT2D eigenvalue weighted by Crippen LogP contribution is -2.35. The van der Waals surface area contributed by atoms with E-state index in [1.165, 1.54) is 24.1 Å². The van der Waals surface area contributed by atoms with Crippen LogP contribution in [0.25, 0.3) is 0 Å². The number of rotatable bonds is 3. The summed E-state index contributed by atoms with van der Waals surface area (Å²) in [6.45, 7) is 0.0579. The van der Waals surface area contributed by atoms with E-state index in [4.69, 9.17) is 16.3 Å². The van der Waals surface area contributed by atoms with E-state index in [0.717, 1.165) is 10.6 Å². The fourth-order valence-corrected chi connectivity index (χ4v) is 2.84. The lowest BCUT2D eigenvalue weighted by atomic mass is 10.2. The van der Waals surface area contributed by atoms with Gasteiger partial charge < -0.3 is 14.4 Å². The highest BCUT2D eigenvalue weighted by Gasteiger charge is 2.22. The highest BCUT2D eigenvalue weighted by Crippen LogP contribution is 2.35. The van der Waals surface area contributed by atoms with E-state index in [-0.39, 0.29) is 17.5 Å². The van der Waals surface area contributed by atoms with Gasteiger partial charge in [-0.3, -0.25) is 4.79 Å². The van der Waals surface area contributed by atoms with Crippen LogP contribution >= 0.6 is 23.5 Å². The van der Waals surface area contributed by atoms with Crippen molar-refractivity contribution in [1.29, 1.82) is 0 Å². The predicted molar refractivity (Wildman–Crippen MR) is 86.2 cm³/mol. The first kappa shape index (κ1) is 15.0. The van der Waals surface area contributed by atoms with Crippen molar-refractivity contribution in [3.63, 3.8) is 0 Å². The molecule has 0 aromatic heterocycles. The second-order valence-corrected chi connectivity index (χ2v) is 5.99. The third-order valence-electron chi connectivity index (χ3n) is 3.22. The molecule has 1 aliphatic rings. The van der Waals surface area contributed by atoms with E-state index < -0.39 is 5.82 Å². The third-order valence-corrected chi connectivity index (χ3v) is 4.34. The summed E-state index contributed by atoms with van der Waals surface area (Å²) in [5.41, 5.74) is 1.41. The number of nitrogens with zero attached hydrogens (tertiary/aromatic N) is 1. The number of hydrogen-bond acceptors (Lipinski definition) is 4. The molecule has 0 bridgehead atoms. The van der Waals surface area contributed by atoms with Crippen molar-refractivity contribution < 1.29 is 13.9 Å². The molecule has 7 heteroatoms. The number of amides is 1. The minimum atomic E-state index is -0.455. The largest absolute Gasteiger partial charge is 0.482 e. The van der Waals surface area contributed by atoms with Gasteiger partial charge in [0.25, 0.3) is 5.91 Å². The van der Waals surface area contributed by atoms with Crippen LogP contribution in [0, 0.1) is 5.82 Å². The smallest absolute Gasteiger partial charge is 0.264 e. The summed E-state index contributed by atoms with van der Waals surface area (Å²) in [7, 11) is 1.71. The molecule has 2 aromatic carbocycles. The minimum Gasteiger partial charge on any atom is -0.482 e. The van der Waals surface area contributed by atoms with Crippen molar-refractivity contribution in [3.05, 3.63) is 47.2 Å². The van der Waals surface area contributed by atoms with Crippen molar-refractivity contribution in [2.45, 2.75) is 4.90 Å². The lowest BCUT2D eigenvalue weighted by molar-refractivity contribution is -0.120. The first-order chi connectivity index (χ1) is 10.5. The fraction of sp³-hybridized carbons (Fsp3) is 0.133. The number of halogens is 2. The number of ether oxygens (including phenoxy) is 1. The highest BCUT2D eigenvalue weighted by molar-refractivity contribution is 8.00. The Morgan fingerprint density at radius 2 is 2.14 bits per heavy atom. The van der Waals surface area contributed by atoms with Gasteiger partial charge in [-0.15, -0.1) is 0 Å². The minimum absolute atomic E-state index is 0.0579. The predicted octanol–water partition coefficient (Wildman–Crippen LogP) is 3.95. The SMILES string of the molecule is CN1C(=O)COc2ccc(SNc3ccc(F)c(Cl)c3)cc21. The van der Waals surface area contributed by atoms with Crippen LogP contribution in [0.5, 0.6) is 5.75 Å². The van der Waals surface area contributed by atoms with E-state index in [1.807, 2.05) is 18.2 Å². The number of fused-ring (bicyclic) bond motifs is 1. The summed E-state index contributed by atoms with van der Waals surface area (Å²) >= 11 is 7.08. The van der Waals surface area contributed by atoms with Crippen LogP contribution in [-0.4, -0.2) is 19.6 Å². The zero-order valence-electron chi connectivity index (χ0n) is 11.6. The van der Waals surface area contributed by atoms with Gasteiger partial charge in [0.1, 0.15) is 11.6 Å². The van der Waals surface area contributed by atoms with Crippen molar-refractivity contribution in [1.82, 2.24) is 0 Å². The molecule has 4 nitrogen and oxygen atoms in total. The Kier molecular flexibility index (Phi) is 4.13. The number of benzene rings is 2. The number of anilines is 2. The Balaban J connectivity index is 1.76.